The predicted octanol–water partition coefficient (Wildman–Crippen LogP) is 3.89. The highest BCUT2D eigenvalue weighted by Crippen LogP contribution is 2.23. The maximum absolute atomic E-state index is 5.80. The number of rotatable bonds is 4. The molecule has 1 fully saturated rings. The Bertz CT molecular complexity index is 544. The lowest BCUT2D eigenvalue weighted by atomic mass is 10.1. The minimum absolute atomic E-state index is 0.611. The lowest BCUT2D eigenvalue weighted by molar-refractivity contribution is 0.195. The Kier molecular flexibility index (Phi) is 4.65. The van der Waals surface area contributed by atoms with Crippen LogP contribution in [-0.2, 0) is 6.54 Å². The fourth-order valence-corrected chi connectivity index (χ4v) is 3.06. The van der Waals surface area contributed by atoms with Crippen LogP contribution in [0.25, 0.3) is 11.5 Å². The van der Waals surface area contributed by atoms with Gasteiger partial charge in [-0.1, -0.05) is 43.9 Å². The summed E-state index contributed by atoms with van der Waals surface area (Å²) >= 11 is 0. The van der Waals surface area contributed by atoms with Gasteiger partial charge in [-0.15, -0.1) is 10.2 Å². The van der Waals surface area contributed by atoms with Crippen LogP contribution in [0.1, 0.15) is 44.4 Å². The Morgan fingerprint density at radius 2 is 1.76 bits per heavy atom. The third-order valence-electron chi connectivity index (χ3n) is 4.32. The first-order valence-electron chi connectivity index (χ1n) is 7.91. The van der Waals surface area contributed by atoms with Gasteiger partial charge in [0.25, 0.3) is 0 Å². The van der Waals surface area contributed by atoms with Crippen molar-refractivity contribution >= 4 is 0 Å². The number of aromatic nitrogens is 2. The zero-order valence-electron chi connectivity index (χ0n) is 12.7. The van der Waals surface area contributed by atoms with E-state index in [-0.39, 0.29) is 0 Å². The van der Waals surface area contributed by atoms with Crippen molar-refractivity contribution in [3.8, 4) is 11.5 Å². The molecule has 0 bridgehead atoms. The summed E-state index contributed by atoms with van der Waals surface area (Å²) in [7, 11) is 2.17. The molecule has 0 radical (unpaired) electrons. The molecule has 0 saturated heterocycles. The topological polar surface area (TPSA) is 42.2 Å². The van der Waals surface area contributed by atoms with Crippen LogP contribution in [0.15, 0.2) is 34.7 Å². The summed E-state index contributed by atoms with van der Waals surface area (Å²) in [4.78, 5) is 2.37. The van der Waals surface area contributed by atoms with Crippen LogP contribution in [0.4, 0.5) is 0 Å². The summed E-state index contributed by atoms with van der Waals surface area (Å²) in [5, 5.41) is 8.35. The molecule has 1 heterocycles. The number of benzene rings is 1. The fourth-order valence-electron chi connectivity index (χ4n) is 3.06. The molecule has 2 aromatic rings. The molecule has 0 spiro atoms. The largest absolute Gasteiger partial charge is 0.419 e. The van der Waals surface area contributed by atoms with E-state index in [9.17, 15) is 0 Å². The molecular formula is C17H23N3O. The van der Waals surface area contributed by atoms with Crippen molar-refractivity contribution in [1.29, 1.82) is 0 Å². The molecular weight excluding hydrogens is 262 g/mol. The van der Waals surface area contributed by atoms with Gasteiger partial charge in [-0.3, -0.25) is 4.90 Å². The van der Waals surface area contributed by atoms with Gasteiger partial charge in [0.15, 0.2) is 0 Å². The van der Waals surface area contributed by atoms with Gasteiger partial charge in [-0.25, -0.2) is 0 Å². The van der Waals surface area contributed by atoms with E-state index >= 15 is 0 Å². The first-order chi connectivity index (χ1) is 10.3. The van der Waals surface area contributed by atoms with Gasteiger partial charge in [0, 0.05) is 11.6 Å². The van der Waals surface area contributed by atoms with E-state index in [4.69, 9.17) is 4.42 Å². The standard InChI is InChI=1S/C17H23N3O/c1-20(15-11-7-2-3-8-12-15)13-16-18-19-17(21-16)14-9-5-4-6-10-14/h4-6,9-10,15H,2-3,7-8,11-13H2,1H3. The molecule has 1 aromatic carbocycles. The molecule has 1 saturated carbocycles. The number of nitrogens with zero attached hydrogens (tertiary/aromatic N) is 3. The van der Waals surface area contributed by atoms with E-state index in [0.717, 1.165) is 12.1 Å². The second kappa shape index (κ2) is 6.85. The Labute approximate surface area is 126 Å². The van der Waals surface area contributed by atoms with Gasteiger partial charge in [0.2, 0.25) is 11.8 Å². The zero-order chi connectivity index (χ0) is 14.5. The Morgan fingerprint density at radius 1 is 1.05 bits per heavy atom. The van der Waals surface area contributed by atoms with Gasteiger partial charge < -0.3 is 4.42 Å². The van der Waals surface area contributed by atoms with E-state index in [1.165, 1.54) is 38.5 Å². The van der Waals surface area contributed by atoms with Crippen LogP contribution in [0.3, 0.4) is 0 Å². The van der Waals surface area contributed by atoms with Crippen LogP contribution in [0.2, 0.25) is 0 Å². The Hall–Kier alpha value is -1.68. The van der Waals surface area contributed by atoms with E-state index in [1.54, 1.807) is 0 Å². The van der Waals surface area contributed by atoms with Crippen molar-refractivity contribution in [2.75, 3.05) is 7.05 Å². The van der Waals surface area contributed by atoms with Gasteiger partial charge in [0.05, 0.1) is 6.54 Å². The molecule has 112 valence electrons. The molecule has 21 heavy (non-hydrogen) atoms. The first-order valence-corrected chi connectivity index (χ1v) is 7.91. The number of hydrogen-bond acceptors (Lipinski definition) is 4. The lowest BCUT2D eigenvalue weighted by Gasteiger charge is -2.25. The van der Waals surface area contributed by atoms with E-state index in [1.807, 2.05) is 30.3 Å². The van der Waals surface area contributed by atoms with Crippen molar-refractivity contribution in [3.05, 3.63) is 36.2 Å². The molecule has 3 rings (SSSR count). The molecule has 0 amide bonds. The summed E-state index contributed by atoms with van der Waals surface area (Å²) < 4.78 is 5.80. The summed E-state index contributed by atoms with van der Waals surface area (Å²) in [6.45, 7) is 0.741. The second-order valence-electron chi connectivity index (χ2n) is 5.93. The molecule has 1 aromatic heterocycles. The van der Waals surface area contributed by atoms with Gasteiger partial charge in [0.1, 0.15) is 0 Å². The van der Waals surface area contributed by atoms with Crippen molar-refractivity contribution in [2.24, 2.45) is 0 Å². The third kappa shape index (κ3) is 3.70. The normalized spacial score (nSPS) is 17.0. The van der Waals surface area contributed by atoms with Crippen LogP contribution < -0.4 is 0 Å². The van der Waals surface area contributed by atoms with Gasteiger partial charge >= 0.3 is 0 Å². The quantitative estimate of drug-likeness (QED) is 0.799. The van der Waals surface area contributed by atoms with Crippen molar-refractivity contribution in [2.45, 2.75) is 51.1 Å². The lowest BCUT2D eigenvalue weighted by Crippen LogP contribution is -2.30. The first kappa shape index (κ1) is 14.3. The van der Waals surface area contributed by atoms with E-state index in [2.05, 4.69) is 22.1 Å². The van der Waals surface area contributed by atoms with Crippen LogP contribution in [0.5, 0.6) is 0 Å². The minimum Gasteiger partial charge on any atom is -0.419 e. The summed E-state index contributed by atoms with van der Waals surface area (Å²) in [5.41, 5.74) is 0.980. The highest BCUT2D eigenvalue weighted by atomic mass is 16.4. The van der Waals surface area contributed by atoms with Crippen LogP contribution in [-0.4, -0.2) is 28.2 Å². The maximum Gasteiger partial charge on any atom is 0.247 e. The summed E-state index contributed by atoms with van der Waals surface area (Å²) in [6, 6.07) is 10.6. The fraction of sp³-hybridized carbons (Fsp3) is 0.529. The van der Waals surface area contributed by atoms with E-state index < -0.39 is 0 Å². The highest BCUT2D eigenvalue weighted by molar-refractivity contribution is 5.51. The van der Waals surface area contributed by atoms with Crippen molar-refractivity contribution in [3.63, 3.8) is 0 Å². The summed E-state index contributed by atoms with van der Waals surface area (Å²) in [5.74, 6) is 1.32. The van der Waals surface area contributed by atoms with Crippen LogP contribution in [0, 0.1) is 0 Å². The predicted molar refractivity (Wildman–Crippen MR) is 82.7 cm³/mol. The molecule has 0 atom stereocenters. The average Bonchev–Trinajstić information content (AvgIpc) is 2.81. The average molecular weight is 285 g/mol. The van der Waals surface area contributed by atoms with Gasteiger partial charge in [-0.2, -0.15) is 0 Å². The molecule has 4 nitrogen and oxygen atoms in total. The number of hydrogen-bond donors (Lipinski definition) is 0. The Balaban J connectivity index is 1.64. The minimum atomic E-state index is 0.611. The molecule has 1 aliphatic carbocycles. The smallest absolute Gasteiger partial charge is 0.247 e. The highest BCUT2D eigenvalue weighted by Gasteiger charge is 2.19. The Morgan fingerprint density at radius 3 is 2.48 bits per heavy atom. The molecule has 0 unspecified atom stereocenters. The zero-order valence-corrected chi connectivity index (χ0v) is 12.7. The monoisotopic (exact) mass is 285 g/mol. The summed E-state index contributed by atoms with van der Waals surface area (Å²) in [6.07, 6.45) is 8.01. The van der Waals surface area contributed by atoms with Gasteiger partial charge in [-0.05, 0) is 32.0 Å². The third-order valence-corrected chi connectivity index (χ3v) is 4.32. The molecule has 4 heteroatoms. The molecule has 0 N–H and O–H groups in total. The maximum atomic E-state index is 5.80. The second-order valence-corrected chi connectivity index (χ2v) is 5.93. The van der Waals surface area contributed by atoms with Crippen molar-refractivity contribution in [1.82, 2.24) is 15.1 Å². The molecule has 0 aliphatic heterocycles. The van der Waals surface area contributed by atoms with Crippen LogP contribution >= 0.6 is 0 Å². The van der Waals surface area contributed by atoms with Crippen molar-refractivity contribution < 1.29 is 4.42 Å². The molecule has 1 aliphatic rings. The SMILES string of the molecule is CN(Cc1nnc(-c2ccccc2)o1)C1CCCCCC1. The van der Waals surface area contributed by atoms with E-state index in [0.29, 0.717) is 17.8 Å².